The molecule has 0 saturated carbocycles. The zero-order chi connectivity index (χ0) is 16.0. The monoisotopic (exact) mass is 314 g/mol. The highest BCUT2D eigenvalue weighted by Gasteiger charge is 2.32. The summed E-state index contributed by atoms with van der Waals surface area (Å²) in [5, 5.41) is 11.1. The molecule has 3 N–H and O–H groups in total. The van der Waals surface area contributed by atoms with Crippen molar-refractivity contribution in [3.05, 3.63) is 36.0 Å². The number of pyridine rings is 1. The number of aryl methyl sites for hydroxylation is 1. The number of nitrogens with one attached hydrogen (secondary N) is 3. The zero-order valence-corrected chi connectivity index (χ0v) is 11.3. The number of carbonyl (C=O) groups excluding carboxylic acids is 1. The summed E-state index contributed by atoms with van der Waals surface area (Å²) < 4.78 is 37.5. The van der Waals surface area contributed by atoms with Crippen molar-refractivity contribution in [1.29, 1.82) is 0 Å². The summed E-state index contributed by atoms with van der Waals surface area (Å²) in [6, 6.07) is 2.67. The van der Waals surface area contributed by atoms with E-state index in [0.29, 0.717) is 25.2 Å². The fourth-order valence-corrected chi connectivity index (χ4v) is 1.63. The first-order chi connectivity index (χ1) is 10.4. The van der Waals surface area contributed by atoms with Crippen molar-refractivity contribution in [3.63, 3.8) is 0 Å². The first kappa shape index (κ1) is 15.7. The van der Waals surface area contributed by atoms with E-state index in [1.807, 2.05) is 0 Å². The first-order valence-electron chi connectivity index (χ1n) is 6.38. The van der Waals surface area contributed by atoms with Crippen molar-refractivity contribution in [3.8, 4) is 0 Å². The van der Waals surface area contributed by atoms with E-state index in [9.17, 15) is 18.0 Å². The molecule has 0 bridgehead atoms. The Hall–Kier alpha value is -2.65. The highest BCUT2D eigenvalue weighted by atomic mass is 19.4. The molecule has 0 spiro atoms. The molecule has 2 rings (SSSR count). The normalized spacial score (nSPS) is 11.2. The minimum atomic E-state index is -4.55. The highest BCUT2D eigenvalue weighted by molar-refractivity contribution is 5.88. The molecule has 2 aromatic rings. The van der Waals surface area contributed by atoms with E-state index in [2.05, 4.69) is 30.8 Å². The molecule has 0 aliphatic carbocycles. The van der Waals surface area contributed by atoms with Gasteiger partial charge in [-0.15, -0.1) is 0 Å². The molecular formula is C12H13F3N6O. The Kier molecular flexibility index (Phi) is 4.92. The third-order valence-corrected chi connectivity index (χ3v) is 2.62. The number of anilines is 1. The van der Waals surface area contributed by atoms with Crippen LogP contribution in [0.3, 0.4) is 0 Å². The topological polar surface area (TPSA) is 95.6 Å². The SMILES string of the molecule is O=C(NCCCc1ncn[nH]1)Nc1cccc(C(F)(F)F)n1. The molecular weight excluding hydrogens is 301 g/mol. The van der Waals surface area contributed by atoms with Crippen molar-refractivity contribution in [2.45, 2.75) is 19.0 Å². The third-order valence-electron chi connectivity index (χ3n) is 2.62. The number of alkyl halides is 3. The van der Waals surface area contributed by atoms with Crippen LogP contribution in [0.2, 0.25) is 0 Å². The minimum absolute atomic E-state index is 0.164. The standard InChI is InChI=1S/C12H13F3N6O/c13-12(14,15)8-3-1-4-10(19-8)20-11(22)16-6-2-5-9-17-7-18-21-9/h1,3-4,7H,2,5-6H2,(H,17,18,21)(H2,16,19,20,22). The van der Waals surface area contributed by atoms with Crippen molar-refractivity contribution in [1.82, 2.24) is 25.5 Å². The Labute approximate surface area is 123 Å². The van der Waals surface area contributed by atoms with Crippen molar-refractivity contribution >= 4 is 11.8 Å². The van der Waals surface area contributed by atoms with E-state index in [1.54, 1.807) is 0 Å². The van der Waals surface area contributed by atoms with E-state index in [0.717, 1.165) is 6.07 Å². The maximum Gasteiger partial charge on any atom is 0.433 e. The van der Waals surface area contributed by atoms with Gasteiger partial charge in [0, 0.05) is 13.0 Å². The van der Waals surface area contributed by atoms with Crippen LogP contribution in [0.15, 0.2) is 24.5 Å². The first-order valence-corrected chi connectivity index (χ1v) is 6.38. The van der Waals surface area contributed by atoms with Crippen LogP contribution in [0.5, 0.6) is 0 Å². The van der Waals surface area contributed by atoms with Gasteiger partial charge < -0.3 is 5.32 Å². The molecule has 10 heteroatoms. The molecule has 0 atom stereocenters. The molecule has 0 aliphatic heterocycles. The largest absolute Gasteiger partial charge is 0.433 e. The van der Waals surface area contributed by atoms with E-state index in [-0.39, 0.29) is 5.82 Å². The van der Waals surface area contributed by atoms with Crippen LogP contribution in [0, 0.1) is 0 Å². The smallest absolute Gasteiger partial charge is 0.338 e. The number of aromatic amines is 1. The Balaban J connectivity index is 1.77. The van der Waals surface area contributed by atoms with Gasteiger partial charge in [0.15, 0.2) is 0 Å². The summed E-state index contributed by atoms with van der Waals surface area (Å²) in [5.41, 5.74) is -1.06. The molecule has 0 aliphatic rings. The van der Waals surface area contributed by atoms with Gasteiger partial charge in [0.05, 0.1) is 0 Å². The summed E-state index contributed by atoms with van der Waals surface area (Å²) in [6.07, 6.45) is -1.96. The van der Waals surface area contributed by atoms with E-state index in [1.165, 1.54) is 18.5 Å². The summed E-state index contributed by atoms with van der Waals surface area (Å²) >= 11 is 0. The molecule has 2 heterocycles. The number of hydrogen-bond donors (Lipinski definition) is 3. The van der Waals surface area contributed by atoms with Gasteiger partial charge in [-0.3, -0.25) is 10.4 Å². The number of H-pyrrole nitrogens is 1. The van der Waals surface area contributed by atoms with Crippen LogP contribution in [-0.4, -0.2) is 32.7 Å². The van der Waals surface area contributed by atoms with Gasteiger partial charge in [0.25, 0.3) is 0 Å². The summed E-state index contributed by atoms with van der Waals surface area (Å²) in [5.74, 6) is 0.532. The Bertz CT molecular complexity index is 614. The zero-order valence-electron chi connectivity index (χ0n) is 11.3. The van der Waals surface area contributed by atoms with Crippen molar-refractivity contribution in [2.24, 2.45) is 0 Å². The van der Waals surface area contributed by atoms with Gasteiger partial charge in [-0.1, -0.05) is 6.07 Å². The number of nitrogens with zero attached hydrogens (tertiary/aromatic N) is 3. The molecule has 0 saturated heterocycles. The second-order valence-corrected chi connectivity index (χ2v) is 4.32. The molecule has 2 amide bonds. The van der Waals surface area contributed by atoms with Crippen LogP contribution in [-0.2, 0) is 12.6 Å². The second kappa shape index (κ2) is 6.87. The molecule has 2 aromatic heterocycles. The number of halogens is 3. The lowest BCUT2D eigenvalue weighted by Crippen LogP contribution is -2.30. The maximum atomic E-state index is 12.5. The predicted molar refractivity (Wildman–Crippen MR) is 71.0 cm³/mol. The van der Waals surface area contributed by atoms with Gasteiger partial charge in [-0.05, 0) is 18.6 Å². The Morgan fingerprint density at radius 2 is 2.14 bits per heavy atom. The number of aromatic nitrogens is 4. The van der Waals surface area contributed by atoms with Gasteiger partial charge in [0.2, 0.25) is 0 Å². The fraction of sp³-hybridized carbons (Fsp3) is 0.333. The number of rotatable bonds is 5. The molecule has 0 aromatic carbocycles. The average Bonchev–Trinajstić information content (AvgIpc) is 2.96. The quantitative estimate of drug-likeness (QED) is 0.735. The minimum Gasteiger partial charge on any atom is -0.338 e. The molecule has 0 unspecified atom stereocenters. The lowest BCUT2D eigenvalue weighted by atomic mass is 10.3. The molecule has 22 heavy (non-hydrogen) atoms. The van der Waals surface area contributed by atoms with Gasteiger partial charge in [0.1, 0.15) is 23.7 Å². The lowest BCUT2D eigenvalue weighted by molar-refractivity contribution is -0.141. The maximum absolute atomic E-state index is 12.5. The summed E-state index contributed by atoms with van der Waals surface area (Å²) in [7, 11) is 0. The lowest BCUT2D eigenvalue weighted by Gasteiger charge is -2.09. The fourth-order valence-electron chi connectivity index (χ4n) is 1.63. The van der Waals surface area contributed by atoms with Crippen LogP contribution in [0.25, 0.3) is 0 Å². The van der Waals surface area contributed by atoms with E-state index < -0.39 is 17.9 Å². The number of hydrogen-bond acceptors (Lipinski definition) is 4. The van der Waals surface area contributed by atoms with Crippen LogP contribution < -0.4 is 10.6 Å². The number of urea groups is 1. The summed E-state index contributed by atoms with van der Waals surface area (Å²) in [6.45, 7) is 0.339. The third kappa shape index (κ3) is 4.72. The van der Waals surface area contributed by atoms with Crippen molar-refractivity contribution in [2.75, 3.05) is 11.9 Å². The number of carbonyl (C=O) groups is 1. The highest BCUT2D eigenvalue weighted by Crippen LogP contribution is 2.28. The van der Waals surface area contributed by atoms with Gasteiger partial charge in [-0.2, -0.15) is 18.3 Å². The second-order valence-electron chi connectivity index (χ2n) is 4.32. The summed E-state index contributed by atoms with van der Waals surface area (Å²) in [4.78, 5) is 18.8. The number of amides is 2. The van der Waals surface area contributed by atoms with Crippen molar-refractivity contribution < 1.29 is 18.0 Å². The Morgan fingerprint density at radius 1 is 1.32 bits per heavy atom. The molecule has 118 valence electrons. The van der Waals surface area contributed by atoms with Crippen LogP contribution >= 0.6 is 0 Å². The molecule has 7 nitrogen and oxygen atoms in total. The van der Waals surface area contributed by atoms with Gasteiger partial charge in [-0.25, -0.2) is 14.8 Å². The van der Waals surface area contributed by atoms with Crippen LogP contribution in [0.1, 0.15) is 17.9 Å². The van der Waals surface area contributed by atoms with E-state index >= 15 is 0 Å². The molecule has 0 radical (unpaired) electrons. The predicted octanol–water partition coefficient (Wildman–Crippen LogP) is 1.97. The Morgan fingerprint density at radius 3 is 2.82 bits per heavy atom. The van der Waals surface area contributed by atoms with Crippen LogP contribution in [0.4, 0.5) is 23.8 Å². The molecule has 0 fully saturated rings. The van der Waals surface area contributed by atoms with Gasteiger partial charge >= 0.3 is 12.2 Å². The average molecular weight is 314 g/mol. The van der Waals surface area contributed by atoms with E-state index in [4.69, 9.17) is 0 Å².